The van der Waals surface area contributed by atoms with E-state index in [0.717, 1.165) is 5.56 Å². The van der Waals surface area contributed by atoms with Gasteiger partial charge in [-0.2, -0.15) is 5.26 Å². The Morgan fingerprint density at radius 1 is 1.04 bits per heavy atom. The second-order valence-corrected chi connectivity index (χ2v) is 5.07. The number of hydrogen-bond donors (Lipinski definition) is 0. The first-order valence-corrected chi connectivity index (χ1v) is 7.04. The highest BCUT2D eigenvalue weighted by atomic mass is 19.1. The fourth-order valence-electron chi connectivity index (χ4n) is 2.14. The van der Waals surface area contributed by atoms with Crippen LogP contribution in [0, 0.1) is 24.1 Å². The molecule has 0 N–H and O–H groups in total. The first-order chi connectivity index (χ1) is 11.2. The fourth-order valence-corrected chi connectivity index (χ4v) is 2.14. The van der Waals surface area contributed by atoms with E-state index in [-0.39, 0.29) is 11.5 Å². The molecule has 0 aliphatic heterocycles. The van der Waals surface area contributed by atoms with Gasteiger partial charge in [0.1, 0.15) is 17.6 Å². The van der Waals surface area contributed by atoms with Crippen LogP contribution in [0.15, 0.2) is 48.5 Å². The van der Waals surface area contributed by atoms with Crippen molar-refractivity contribution >= 4 is 12.2 Å². The lowest BCUT2D eigenvalue weighted by atomic mass is 10.1. The number of nitrogens with zero attached hydrogens (tertiary/aromatic N) is 4. The van der Waals surface area contributed by atoms with Crippen LogP contribution in [-0.4, -0.2) is 15.0 Å². The van der Waals surface area contributed by atoms with E-state index in [1.807, 2.05) is 43.3 Å². The minimum atomic E-state index is -0.328. The standard InChI is InChI=1S/C18H13FN4/c1-13-2-4-14(5-3-13)6-11-18-17(12-20)21-22-23(18)16-9-7-15(19)8-10-16/h2-11H,1H3/b11-6+. The smallest absolute Gasteiger partial charge is 0.190 e. The van der Waals surface area contributed by atoms with Gasteiger partial charge in [-0.05, 0) is 42.8 Å². The van der Waals surface area contributed by atoms with Crippen molar-refractivity contribution in [3.05, 3.63) is 76.9 Å². The van der Waals surface area contributed by atoms with E-state index < -0.39 is 0 Å². The van der Waals surface area contributed by atoms with Gasteiger partial charge >= 0.3 is 0 Å². The molecule has 2 aromatic carbocycles. The summed E-state index contributed by atoms with van der Waals surface area (Å²) in [7, 11) is 0. The molecule has 112 valence electrons. The summed E-state index contributed by atoms with van der Waals surface area (Å²) >= 11 is 0. The topological polar surface area (TPSA) is 54.5 Å². The average Bonchev–Trinajstić information content (AvgIpc) is 2.98. The van der Waals surface area contributed by atoms with Crippen LogP contribution in [0.3, 0.4) is 0 Å². The van der Waals surface area contributed by atoms with Crippen molar-refractivity contribution in [3.63, 3.8) is 0 Å². The van der Waals surface area contributed by atoms with Crippen LogP contribution in [0.4, 0.5) is 4.39 Å². The van der Waals surface area contributed by atoms with Crippen molar-refractivity contribution < 1.29 is 4.39 Å². The molecule has 5 heteroatoms. The number of nitriles is 1. The maximum Gasteiger partial charge on any atom is 0.190 e. The Morgan fingerprint density at radius 3 is 2.39 bits per heavy atom. The van der Waals surface area contributed by atoms with Gasteiger partial charge in [-0.3, -0.25) is 0 Å². The predicted molar refractivity (Wildman–Crippen MR) is 86.1 cm³/mol. The molecule has 0 aliphatic rings. The molecule has 0 amide bonds. The van der Waals surface area contributed by atoms with E-state index in [1.54, 1.807) is 18.2 Å². The summed E-state index contributed by atoms with van der Waals surface area (Å²) in [4.78, 5) is 0. The third-order valence-corrected chi connectivity index (χ3v) is 3.39. The Labute approximate surface area is 133 Å². The van der Waals surface area contributed by atoms with Gasteiger partial charge in [-0.1, -0.05) is 41.1 Å². The van der Waals surface area contributed by atoms with Gasteiger partial charge in [0.15, 0.2) is 5.69 Å². The second-order valence-electron chi connectivity index (χ2n) is 5.07. The molecule has 3 rings (SSSR count). The summed E-state index contributed by atoms with van der Waals surface area (Å²) in [6.45, 7) is 2.02. The van der Waals surface area contributed by atoms with E-state index in [0.29, 0.717) is 11.4 Å². The van der Waals surface area contributed by atoms with Crippen molar-refractivity contribution in [1.29, 1.82) is 5.26 Å². The highest BCUT2D eigenvalue weighted by Crippen LogP contribution is 2.16. The lowest BCUT2D eigenvalue weighted by molar-refractivity contribution is 0.626. The zero-order chi connectivity index (χ0) is 16.2. The van der Waals surface area contributed by atoms with E-state index in [4.69, 9.17) is 0 Å². The van der Waals surface area contributed by atoms with E-state index >= 15 is 0 Å². The molecule has 0 bridgehead atoms. The highest BCUT2D eigenvalue weighted by molar-refractivity contribution is 5.71. The van der Waals surface area contributed by atoms with Crippen LogP contribution in [0.1, 0.15) is 22.5 Å². The minimum Gasteiger partial charge on any atom is -0.212 e. The van der Waals surface area contributed by atoms with Crippen molar-refractivity contribution in [3.8, 4) is 11.8 Å². The molecule has 0 saturated carbocycles. The van der Waals surface area contributed by atoms with E-state index in [9.17, 15) is 9.65 Å². The van der Waals surface area contributed by atoms with Crippen molar-refractivity contribution in [2.24, 2.45) is 0 Å². The van der Waals surface area contributed by atoms with E-state index in [1.165, 1.54) is 22.4 Å². The third kappa shape index (κ3) is 3.16. The average molecular weight is 304 g/mol. The number of benzene rings is 2. The van der Waals surface area contributed by atoms with Crippen LogP contribution in [0.5, 0.6) is 0 Å². The van der Waals surface area contributed by atoms with Gasteiger partial charge in [0, 0.05) is 0 Å². The highest BCUT2D eigenvalue weighted by Gasteiger charge is 2.11. The molecule has 0 radical (unpaired) electrons. The molecular weight excluding hydrogens is 291 g/mol. The molecule has 0 unspecified atom stereocenters. The molecule has 1 heterocycles. The minimum absolute atomic E-state index is 0.220. The Bertz CT molecular complexity index is 884. The normalized spacial score (nSPS) is 10.8. The summed E-state index contributed by atoms with van der Waals surface area (Å²) in [5.74, 6) is -0.328. The molecular formula is C18H13FN4. The molecule has 0 aliphatic carbocycles. The first-order valence-electron chi connectivity index (χ1n) is 7.04. The number of halogens is 1. The summed E-state index contributed by atoms with van der Waals surface area (Å²) in [6.07, 6.45) is 3.67. The first kappa shape index (κ1) is 14.7. The summed E-state index contributed by atoms with van der Waals surface area (Å²) in [5.41, 5.74) is 3.60. The van der Waals surface area contributed by atoms with Gasteiger partial charge in [0.2, 0.25) is 0 Å². The lowest BCUT2D eigenvalue weighted by Gasteiger charge is -2.03. The largest absolute Gasteiger partial charge is 0.212 e. The van der Waals surface area contributed by atoms with E-state index in [2.05, 4.69) is 10.3 Å². The number of aromatic nitrogens is 3. The van der Waals surface area contributed by atoms with Gasteiger partial charge in [0.25, 0.3) is 0 Å². The quantitative estimate of drug-likeness (QED) is 0.740. The zero-order valence-corrected chi connectivity index (χ0v) is 12.4. The molecule has 0 atom stereocenters. The third-order valence-electron chi connectivity index (χ3n) is 3.39. The second kappa shape index (κ2) is 6.24. The fraction of sp³-hybridized carbons (Fsp3) is 0.0556. The monoisotopic (exact) mass is 304 g/mol. The zero-order valence-electron chi connectivity index (χ0n) is 12.4. The Balaban J connectivity index is 2.01. The van der Waals surface area contributed by atoms with Crippen LogP contribution in [-0.2, 0) is 0 Å². The van der Waals surface area contributed by atoms with Crippen molar-refractivity contribution in [1.82, 2.24) is 15.0 Å². The lowest BCUT2D eigenvalue weighted by Crippen LogP contribution is -1.99. The van der Waals surface area contributed by atoms with Gasteiger partial charge in [-0.15, -0.1) is 5.10 Å². The Hall–Kier alpha value is -3.26. The molecule has 4 nitrogen and oxygen atoms in total. The SMILES string of the molecule is Cc1ccc(/C=C/c2c(C#N)nnn2-c2ccc(F)cc2)cc1. The summed E-state index contributed by atoms with van der Waals surface area (Å²) < 4.78 is 14.6. The Kier molecular flexibility index (Phi) is 3.98. The van der Waals surface area contributed by atoms with Gasteiger partial charge in [-0.25, -0.2) is 9.07 Å². The molecule has 3 aromatic rings. The summed E-state index contributed by atoms with van der Waals surface area (Å²) in [6, 6.07) is 15.9. The number of aryl methyl sites for hydroxylation is 1. The van der Waals surface area contributed by atoms with Gasteiger partial charge in [0.05, 0.1) is 5.69 Å². The van der Waals surface area contributed by atoms with Gasteiger partial charge < -0.3 is 0 Å². The maximum atomic E-state index is 13.1. The van der Waals surface area contributed by atoms with Crippen molar-refractivity contribution in [2.45, 2.75) is 6.92 Å². The number of rotatable bonds is 3. The molecule has 0 saturated heterocycles. The maximum absolute atomic E-state index is 13.1. The molecule has 23 heavy (non-hydrogen) atoms. The Morgan fingerprint density at radius 2 is 1.74 bits per heavy atom. The van der Waals surface area contributed by atoms with Crippen LogP contribution >= 0.6 is 0 Å². The molecule has 1 aromatic heterocycles. The van der Waals surface area contributed by atoms with Crippen molar-refractivity contribution in [2.75, 3.05) is 0 Å². The van der Waals surface area contributed by atoms with Crippen LogP contribution < -0.4 is 0 Å². The molecule has 0 fully saturated rings. The summed E-state index contributed by atoms with van der Waals surface area (Å²) in [5, 5.41) is 17.0. The molecule has 0 spiro atoms. The van der Waals surface area contributed by atoms with Crippen LogP contribution in [0.25, 0.3) is 17.8 Å². The van der Waals surface area contributed by atoms with Crippen LogP contribution in [0.2, 0.25) is 0 Å². The predicted octanol–water partition coefficient (Wildman–Crippen LogP) is 3.76. The number of hydrogen-bond acceptors (Lipinski definition) is 3.